The minimum atomic E-state index is -0.386. The van der Waals surface area contributed by atoms with E-state index in [1.165, 1.54) is 0 Å². The molecule has 0 bridgehead atoms. The molecule has 1 N–H and O–H groups in total. The summed E-state index contributed by atoms with van der Waals surface area (Å²) >= 11 is 0. The molecule has 2 aromatic heterocycles. The molecule has 0 fully saturated rings. The van der Waals surface area contributed by atoms with Crippen LogP contribution in [0.15, 0.2) is 119 Å². The molecule has 8 rings (SSSR count). The number of benzene rings is 5. The highest BCUT2D eigenvalue weighted by molar-refractivity contribution is 6.18. The Kier molecular flexibility index (Phi) is 4.29. The number of fused-ring (bicyclic) bond motifs is 7. The summed E-state index contributed by atoms with van der Waals surface area (Å²) < 4.78 is 8.50. The maximum absolute atomic E-state index is 9.52. The topological polar surface area (TPSA) is 66.2 Å². The molecule has 0 saturated heterocycles. The van der Waals surface area contributed by atoms with E-state index in [1.54, 1.807) is 0 Å². The predicted octanol–water partition coefficient (Wildman–Crippen LogP) is 7.98. The molecule has 1 aliphatic heterocycles. The van der Waals surface area contributed by atoms with Gasteiger partial charge in [-0.05, 0) is 42.5 Å². The van der Waals surface area contributed by atoms with Gasteiger partial charge in [0.25, 0.3) is 0 Å². The highest BCUT2D eigenvalue weighted by Gasteiger charge is 2.26. The van der Waals surface area contributed by atoms with Gasteiger partial charge >= 0.3 is 0 Å². The fourth-order valence-electron chi connectivity index (χ4n) is 5.75. The fraction of sp³-hybridized carbons (Fsp3) is 0.0303. The molecule has 5 aromatic carbocycles. The highest BCUT2D eigenvalue weighted by atomic mass is 16.3. The van der Waals surface area contributed by atoms with Crippen LogP contribution in [0.2, 0.25) is 0 Å². The first kappa shape index (κ1) is 20.8. The molecule has 0 saturated carbocycles. The number of nitrogens with one attached hydrogen (secondary N) is 1. The first-order valence-corrected chi connectivity index (χ1v) is 12.6. The second-order valence-corrected chi connectivity index (χ2v) is 9.58. The largest absolute Gasteiger partial charge is 0.456 e. The van der Waals surface area contributed by atoms with Crippen LogP contribution in [-0.4, -0.2) is 10.3 Å². The summed E-state index contributed by atoms with van der Waals surface area (Å²) in [5, 5.41) is 17.7. The average molecular weight is 489 g/mol. The molecule has 5 nitrogen and oxygen atoms in total. The van der Waals surface area contributed by atoms with E-state index in [-0.39, 0.29) is 6.29 Å². The molecular formula is C33H20N4O. The summed E-state index contributed by atoms with van der Waals surface area (Å²) in [4.78, 5) is 5.28. The standard InChI is InChI=1S/C33H20N4O/c34-19-20-8-7-9-21(16-20)32-24-12-1-4-13-27(24)35-33(36-32)37-28-14-5-2-10-22(28)25-18-31-26(17-29(25)37)23-11-3-6-15-30(23)38-31/h1-18,33,35H. The van der Waals surface area contributed by atoms with Crippen molar-refractivity contribution in [1.29, 1.82) is 5.26 Å². The summed E-state index contributed by atoms with van der Waals surface area (Å²) in [6, 6.07) is 39.1. The van der Waals surface area contributed by atoms with Crippen LogP contribution in [0.4, 0.5) is 5.69 Å². The van der Waals surface area contributed by atoms with Crippen molar-refractivity contribution >= 4 is 55.1 Å². The van der Waals surface area contributed by atoms with Crippen molar-refractivity contribution < 1.29 is 4.42 Å². The lowest BCUT2D eigenvalue weighted by Gasteiger charge is -2.28. The lowest BCUT2D eigenvalue weighted by atomic mass is 9.98. The predicted molar refractivity (Wildman–Crippen MR) is 153 cm³/mol. The fourth-order valence-corrected chi connectivity index (χ4v) is 5.75. The van der Waals surface area contributed by atoms with Gasteiger partial charge in [0, 0.05) is 38.4 Å². The van der Waals surface area contributed by atoms with Crippen LogP contribution in [0.3, 0.4) is 0 Å². The number of anilines is 1. The minimum Gasteiger partial charge on any atom is -0.456 e. The van der Waals surface area contributed by atoms with E-state index < -0.39 is 0 Å². The molecule has 0 spiro atoms. The Bertz CT molecular complexity index is 2140. The Morgan fingerprint density at radius 2 is 1.53 bits per heavy atom. The molecule has 3 heterocycles. The van der Waals surface area contributed by atoms with E-state index in [1.807, 2.05) is 54.6 Å². The summed E-state index contributed by atoms with van der Waals surface area (Å²) in [5.74, 6) is 0. The van der Waals surface area contributed by atoms with Crippen molar-refractivity contribution in [3.8, 4) is 6.07 Å². The van der Waals surface area contributed by atoms with Crippen molar-refractivity contribution in [3.05, 3.63) is 126 Å². The van der Waals surface area contributed by atoms with Gasteiger partial charge in [0.1, 0.15) is 11.2 Å². The third-order valence-corrected chi connectivity index (χ3v) is 7.44. The molecule has 1 unspecified atom stereocenters. The van der Waals surface area contributed by atoms with E-state index >= 15 is 0 Å². The van der Waals surface area contributed by atoms with Crippen molar-refractivity contribution in [1.82, 2.24) is 4.57 Å². The Labute approximate surface area is 217 Å². The average Bonchev–Trinajstić information content (AvgIpc) is 3.50. The minimum absolute atomic E-state index is 0.386. The molecule has 0 amide bonds. The number of nitriles is 1. The highest BCUT2D eigenvalue weighted by Crippen LogP contribution is 2.40. The normalized spacial score (nSPS) is 14.9. The van der Waals surface area contributed by atoms with Crippen molar-refractivity contribution in [2.24, 2.45) is 4.99 Å². The molecular weight excluding hydrogens is 468 g/mol. The smallest absolute Gasteiger partial charge is 0.201 e. The van der Waals surface area contributed by atoms with Crippen molar-refractivity contribution in [2.45, 2.75) is 6.29 Å². The van der Waals surface area contributed by atoms with Crippen LogP contribution in [0.5, 0.6) is 0 Å². The zero-order valence-corrected chi connectivity index (χ0v) is 20.2. The zero-order chi connectivity index (χ0) is 25.2. The van der Waals surface area contributed by atoms with Gasteiger partial charge in [0.15, 0.2) is 0 Å². The Hall–Kier alpha value is -5.34. The first-order valence-electron chi connectivity index (χ1n) is 12.6. The van der Waals surface area contributed by atoms with Gasteiger partial charge in [-0.15, -0.1) is 0 Å². The second-order valence-electron chi connectivity index (χ2n) is 9.58. The van der Waals surface area contributed by atoms with E-state index in [9.17, 15) is 5.26 Å². The van der Waals surface area contributed by atoms with E-state index in [0.717, 1.165) is 66.3 Å². The number of para-hydroxylation sites is 3. The lowest BCUT2D eigenvalue weighted by molar-refractivity contribution is 0.624. The van der Waals surface area contributed by atoms with Crippen LogP contribution in [-0.2, 0) is 0 Å². The number of hydrogen-bond acceptors (Lipinski definition) is 4. The zero-order valence-electron chi connectivity index (χ0n) is 20.2. The number of rotatable bonds is 2. The van der Waals surface area contributed by atoms with Gasteiger partial charge < -0.3 is 14.3 Å². The quantitative estimate of drug-likeness (QED) is 0.268. The van der Waals surface area contributed by atoms with Crippen LogP contribution in [0.25, 0.3) is 43.7 Å². The summed E-state index contributed by atoms with van der Waals surface area (Å²) in [6.07, 6.45) is -0.386. The van der Waals surface area contributed by atoms with Crippen LogP contribution in [0.1, 0.15) is 23.0 Å². The van der Waals surface area contributed by atoms with E-state index in [0.29, 0.717) is 5.56 Å². The van der Waals surface area contributed by atoms with Gasteiger partial charge in [0.2, 0.25) is 6.29 Å². The monoisotopic (exact) mass is 488 g/mol. The number of furan rings is 1. The van der Waals surface area contributed by atoms with Gasteiger partial charge in [0.05, 0.1) is 28.4 Å². The third kappa shape index (κ3) is 2.95. The SMILES string of the molecule is N#Cc1cccc(C2=NC(n3c4ccccc4c4cc5oc6ccccc6c5cc43)Nc3ccccc32)c1. The molecule has 7 aromatic rings. The van der Waals surface area contributed by atoms with Crippen molar-refractivity contribution in [2.75, 3.05) is 5.32 Å². The van der Waals surface area contributed by atoms with E-state index in [4.69, 9.17) is 9.41 Å². The van der Waals surface area contributed by atoms with Crippen molar-refractivity contribution in [3.63, 3.8) is 0 Å². The molecule has 5 heteroatoms. The maximum atomic E-state index is 9.52. The number of aromatic nitrogens is 1. The summed E-state index contributed by atoms with van der Waals surface area (Å²) in [7, 11) is 0. The van der Waals surface area contributed by atoms with Gasteiger partial charge in [-0.3, -0.25) is 0 Å². The lowest BCUT2D eigenvalue weighted by Crippen LogP contribution is -2.24. The molecule has 0 radical (unpaired) electrons. The van der Waals surface area contributed by atoms with Gasteiger partial charge in [-0.25, -0.2) is 4.99 Å². The Balaban J connectivity index is 1.43. The van der Waals surface area contributed by atoms with Gasteiger partial charge in [-0.1, -0.05) is 66.7 Å². The van der Waals surface area contributed by atoms with Crippen LogP contribution in [0, 0.1) is 11.3 Å². The van der Waals surface area contributed by atoms with Crippen LogP contribution < -0.4 is 5.32 Å². The Morgan fingerprint density at radius 3 is 2.45 bits per heavy atom. The first-order chi connectivity index (χ1) is 18.8. The second kappa shape index (κ2) is 7.83. The third-order valence-electron chi connectivity index (χ3n) is 7.44. The Morgan fingerprint density at radius 1 is 0.711 bits per heavy atom. The molecule has 1 aliphatic rings. The number of hydrogen-bond donors (Lipinski definition) is 1. The van der Waals surface area contributed by atoms with Gasteiger partial charge in [-0.2, -0.15) is 5.26 Å². The number of nitrogens with zero attached hydrogens (tertiary/aromatic N) is 3. The molecule has 0 aliphatic carbocycles. The molecule has 1 atom stereocenters. The number of aliphatic imine (C=N–C) groups is 1. The molecule has 178 valence electrons. The van der Waals surface area contributed by atoms with E-state index in [2.05, 4.69) is 70.6 Å². The summed E-state index contributed by atoms with van der Waals surface area (Å²) in [6.45, 7) is 0. The molecule has 38 heavy (non-hydrogen) atoms. The summed E-state index contributed by atoms with van der Waals surface area (Å²) in [5.41, 5.74) is 8.35. The maximum Gasteiger partial charge on any atom is 0.201 e. The van der Waals surface area contributed by atoms with Crippen LogP contribution >= 0.6 is 0 Å².